The Hall–Kier alpha value is -1.43. The molecule has 0 fully saturated rings. The van der Waals surface area contributed by atoms with Gasteiger partial charge in [-0.15, -0.1) is 5.10 Å². The third-order valence-electron chi connectivity index (χ3n) is 2.51. The van der Waals surface area contributed by atoms with Gasteiger partial charge in [0.1, 0.15) is 0 Å². The highest BCUT2D eigenvalue weighted by atomic mass is 16.2. The number of likely N-dealkylation sites (N-methyl/N-ethyl adjacent to an activating group) is 1. The van der Waals surface area contributed by atoms with Crippen molar-refractivity contribution in [3.05, 3.63) is 11.9 Å². The minimum atomic E-state index is 0.125. The molecule has 0 aromatic carbocycles. The van der Waals surface area contributed by atoms with E-state index < -0.39 is 0 Å². The zero-order valence-corrected chi connectivity index (χ0v) is 10.1. The van der Waals surface area contributed by atoms with E-state index in [4.69, 9.17) is 0 Å². The van der Waals surface area contributed by atoms with Crippen molar-refractivity contribution in [2.75, 3.05) is 19.6 Å². The van der Waals surface area contributed by atoms with Gasteiger partial charge in [-0.2, -0.15) is 0 Å². The summed E-state index contributed by atoms with van der Waals surface area (Å²) in [4.78, 5) is 13.4. The summed E-state index contributed by atoms with van der Waals surface area (Å²) in [6.45, 7) is 6.43. The van der Waals surface area contributed by atoms with E-state index in [1.54, 1.807) is 15.8 Å². The maximum Gasteiger partial charge on any atom is 0.236 e. The summed E-state index contributed by atoms with van der Waals surface area (Å²) >= 11 is 0. The fourth-order valence-corrected chi connectivity index (χ4v) is 1.46. The van der Waals surface area contributed by atoms with Gasteiger partial charge in [0.25, 0.3) is 0 Å². The van der Waals surface area contributed by atoms with Crippen LogP contribution >= 0.6 is 0 Å². The summed E-state index contributed by atoms with van der Waals surface area (Å²) in [5, 5.41) is 10.7. The van der Waals surface area contributed by atoms with Crippen LogP contribution in [-0.2, 0) is 18.4 Å². The number of carbonyl (C=O) groups excluding carboxylic acids is 1. The van der Waals surface area contributed by atoms with Gasteiger partial charge in [-0.05, 0) is 13.8 Å². The standard InChI is InChI=1S/C10H19N5O/c1-4-15(5-2)10(16)8-11-6-9-7-12-13-14(9)3/h7,11H,4-6,8H2,1-3H3. The van der Waals surface area contributed by atoms with Crippen molar-refractivity contribution in [3.8, 4) is 0 Å². The minimum absolute atomic E-state index is 0.125. The molecule has 1 N–H and O–H groups in total. The number of hydrogen-bond acceptors (Lipinski definition) is 4. The lowest BCUT2D eigenvalue weighted by atomic mass is 10.4. The first-order chi connectivity index (χ1) is 7.69. The number of aromatic nitrogens is 3. The topological polar surface area (TPSA) is 63.1 Å². The molecule has 1 aromatic rings. The van der Waals surface area contributed by atoms with Gasteiger partial charge in [-0.25, -0.2) is 0 Å². The smallest absolute Gasteiger partial charge is 0.236 e. The highest BCUT2D eigenvalue weighted by molar-refractivity contribution is 5.78. The van der Waals surface area contributed by atoms with Gasteiger partial charge in [0.05, 0.1) is 18.4 Å². The first-order valence-electron chi connectivity index (χ1n) is 5.51. The Morgan fingerprint density at radius 1 is 1.50 bits per heavy atom. The second kappa shape index (κ2) is 6.22. The Morgan fingerprint density at radius 2 is 2.19 bits per heavy atom. The molecule has 0 aliphatic carbocycles. The van der Waals surface area contributed by atoms with Crippen LogP contribution in [0.2, 0.25) is 0 Å². The van der Waals surface area contributed by atoms with Crippen LogP contribution in [-0.4, -0.2) is 45.4 Å². The summed E-state index contributed by atoms with van der Waals surface area (Å²) in [5.41, 5.74) is 0.965. The number of nitrogens with one attached hydrogen (secondary N) is 1. The average Bonchev–Trinajstić information content (AvgIpc) is 2.66. The van der Waals surface area contributed by atoms with Gasteiger partial charge in [-0.1, -0.05) is 5.21 Å². The Labute approximate surface area is 95.6 Å². The molecule has 0 spiro atoms. The number of carbonyl (C=O) groups is 1. The zero-order chi connectivity index (χ0) is 12.0. The van der Waals surface area contributed by atoms with Gasteiger partial charge in [0, 0.05) is 26.7 Å². The monoisotopic (exact) mass is 225 g/mol. The number of nitrogens with zero attached hydrogens (tertiary/aromatic N) is 4. The van der Waals surface area contributed by atoms with E-state index >= 15 is 0 Å². The second-order valence-electron chi connectivity index (χ2n) is 3.52. The van der Waals surface area contributed by atoms with Crippen LogP contribution in [0, 0.1) is 0 Å². The molecule has 1 aromatic heterocycles. The molecule has 0 saturated heterocycles. The minimum Gasteiger partial charge on any atom is -0.342 e. The average molecular weight is 225 g/mol. The molecule has 0 atom stereocenters. The predicted octanol–water partition coefficient (Wildman–Crippen LogP) is -0.227. The number of aryl methyl sites for hydroxylation is 1. The molecule has 0 bridgehead atoms. The molecule has 0 aliphatic rings. The number of rotatable bonds is 6. The lowest BCUT2D eigenvalue weighted by Crippen LogP contribution is -2.37. The van der Waals surface area contributed by atoms with Crippen LogP contribution in [0.4, 0.5) is 0 Å². The van der Waals surface area contributed by atoms with Crippen molar-refractivity contribution in [2.45, 2.75) is 20.4 Å². The molecule has 1 heterocycles. The Bertz CT molecular complexity index is 332. The summed E-state index contributed by atoms with van der Waals surface area (Å²) in [6, 6.07) is 0. The first kappa shape index (κ1) is 12.6. The van der Waals surface area contributed by atoms with Crippen LogP contribution in [0.3, 0.4) is 0 Å². The van der Waals surface area contributed by atoms with Gasteiger partial charge in [-0.3, -0.25) is 9.48 Å². The Morgan fingerprint density at radius 3 is 2.69 bits per heavy atom. The van der Waals surface area contributed by atoms with Crippen molar-refractivity contribution in [2.24, 2.45) is 7.05 Å². The lowest BCUT2D eigenvalue weighted by Gasteiger charge is -2.18. The largest absolute Gasteiger partial charge is 0.342 e. The first-order valence-corrected chi connectivity index (χ1v) is 5.51. The third-order valence-corrected chi connectivity index (χ3v) is 2.51. The summed E-state index contributed by atoms with van der Waals surface area (Å²) < 4.78 is 1.69. The molecule has 0 saturated carbocycles. The third kappa shape index (κ3) is 3.30. The molecule has 6 heteroatoms. The fourth-order valence-electron chi connectivity index (χ4n) is 1.46. The molecule has 16 heavy (non-hydrogen) atoms. The predicted molar refractivity (Wildman–Crippen MR) is 60.6 cm³/mol. The highest BCUT2D eigenvalue weighted by Crippen LogP contribution is 1.92. The van der Waals surface area contributed by atoms with E-state index in [1.165, 1.54) is 0 Å². The van der Waals surface area contributed by atoms with Crippen molar-refractivity contribution in [3.63, 3.8) is 0 Å². The van der Waals surface area contributed by atoms with Gasteiger partial charge >= 0.3 is 0 Å². The Balaban J connectivity index is 2.30. The number of hydrogen-bond donors (Lipinski definition) is 1. The SMILES string of the molecule is CCN(CC)C(=O)CNCc1cnnn1C. The highest BCUT2D eigenvalue weighted by Gasteiger charge is 2.08. The second-order valence-corrected chi connectivity index (χ2v) is 3.52. The van der Waals surface area contributed by atoms with Crippen molar-refractivity contribution >= 4 is 5.91 Å². The summed E-state index contributed by atoms with van der Waals surface area (Å²) in [6.07, 6.45) is 1.69. The zero-order valence-electron chi connectivity index (χ0n) is 10.1. The molecule has 1 amide bonds. The quantitative estimate of drug-likeness (QED) is 0.726. The van der Waals surface area contributed by atoms with Crippen molar-refractivity contribution < 1.29 is 4.79 Å². The van der Waals surface area contributed by atoms with Crippen LogP contribution in [0.1, 0.15) is 19.5 Å². The summed E-state index contributed by atoms with van der Waals surface area (Å²) in [5.74, 6) is 0.125. The van der Waals surface area contributed by atoms with Crippen molar-refractivity contribution in [1.29, 1.82) is 0 Å². The van der Waals surface area contributed by atoms with Gasteiger partial charge in [0.2, 0.25) is 5.91 Å². The Kier molecular flexibility index (Phi) is 4.91. The van der Waals surface area contributed by atoms with E-state index in [0.29, 0.717) is 13.1 Å². The molecule has 6 nitrogen and oxygen atoms in total. The fraction of sp³-hybridized carbons (Fsp3) is 0.700. The normalized spacial score (nSPS) is 10.4. The van der Waals surface area contributed by atoms with Gasteiger partial charge < -0.3 is 10.2 Å². The van der Waals surface area contributed by atoms with E-state index in [9.17, 15) is 4.79 Å². The molecular weight excluding hydrogens is 206 g/mol. The molecular formula is C10H19N5O. The maximum atomic E-state index is 11.6. The van der Waals surface area contributed by atoms with Crippen molar-refractivity contribution in [1.82, 2.24) is 25.2 Å². The molecule has 90 valence electrons. The number of amides is 1. The van der Waals surface area contributed by atoms with E-state index in [1.807, 2.05) is 20.9 Å². The van der Waals surface area contributed by atoms with E-state index in [0.717, 1.165) is 18.8 Å². The molecule has 0 radical (unpaired) electrons. The molecule has 0 aliphatic heterocycles. The van der Waals surface area contributed by atoms with E-state index in [-0.39, 0.29) is 5.91 Å². The molecule has 0 unspecified atom stereocenters. The van der Waals surface area contributed by atoms with Crippen LogP contribution in [0.25, 0.3) is 0 Å². The maximum absolute atomic E-state index is 11.6. The van der Waals surface area contributed by atoms with Crippen LogP contribution < -0.4 is 5.32 Å². The van der Waals surface area contributed by atoms with Crippen LogP contribution in [0.15, 0.2) is 6.20 Å². The summed E-state index contributed by atoms with van der Waals surface area (Å²) in [7, 11) is 1.83. The van der Waals surface area contributed by atoms with E-state index in [2.05, 4.69) is 15.6 Å². The van der Waals surface area contributed by atoms with Crippen LogP contribution in [0.5, 0.6) is 0 Å². The lowest BCUT2D eigenvalue weighted by molar-refractivity contribution is -0.129. The molecule has 1 rings (SSSR count). The van der Waals surface area contributed by atoms with Gasteiger partial charge in [0.15, 0.2) is 0 Å².